The Morgan fingerprint density at radius 2 is 2.16 bits per heavy atom. The normalized spacial score (nSPS) is 15.3. The van der Waals surface area contributed by atoms with Crippen LogP contribution in [0.3, 0.4) is 0 Å². The van der Waals surface area contributed by atoms with E-state index in [-0.39, 0.29) is 12.6 Å². The van der Waals surface area contributed by atoms with Crippen LogP contribution in [0.5, 0.6) is 5.75 Å². The van der Waals surface area contributed by atoms with Gasteiger partial charge in [-0.25, -0.2) is 0 Å². The van der Waals surface area contributed by atoms with Crippen LogP contribution >= 0.6 is 27.3 Å². The van der Waals surface area contributed by atoms with E-state index in [1.165, 1.54) is 15.9 Å². The first kappa shape index (κ1) is 22.3. The molecule has 32 heavy (non-hydrogen) atoms. The fourth-order valence-corrected chi connectivity index (χ4v) is 4.70. The van der Waals surface area contributed by atoms with E-state index in [4.69, 9.17) is 4.74 Å². The van der Waals surface area contributed by atoms with Crippen LogP contribution in [0.25, 0.3) is 10.9 Å². The summed E-state index contributed by atoms with van der Waals surface area (Å²) in [6.45, 7) is 4.95. The number of carbonyl (C=O) groups is 2. The Labute approximate surface area is 195 Å². The second-order valence-corrected chi connectivity index (χ2v) is 10.1. The Morgan fingerprint density at radius 1 is 1.41 bits per heavy atom. The van der Waals surface area contributed by atoms with Crippen LogP contribution in [-0.2, 0) is 16.1 Å². The molecular weight excluding hydrogens is 500 g/mol. The van der Waals surface area contributed by atoms with Crippen LogP contribution < -0.4 is 16.2 Å². The molecule has 0 radical (unpaired) electrons. The molecule has 3 N–H and O–H groups in total. The highest BCUT2D eigenvalue weighted by Crippen LogP contribution is 2.41. The van der Waals surface area contributed by atoms with Crippen LogP contribution in [-0.4, -0.2) is 38.7 Å². The van der Waals surface area contributed by atoms with Gasteiger partial charge in [0.15, 0.2) is 0 Å². The minimum atomic E-state index is -0.846. The summed E-state index contributed by atoms with van der Waals surface area (Å²) in [5.74, 6) is -1.93. The van der Waals surface area contributed by atoms with Gasteiger partial charge < -0.3 is 25.0 Å². The Hall–Kier alpha value is -2.92. The summed E-state index contributed by atoms with van der Waals surface area (Å²) in [5, 5.41) is 16.9. The van der Waals surface area contributed by atoms with E-state index in [0.717, 1.165) is 4.88 Å². The topological polar surface area (TPSA) is 123 Å². The van der Waals surface area contributed by atoms with Gasteiger partial charge in [-0.15, -0.1) is 11.3 Å². The molecule has 168 valence electrons. The number of aromatic hydroxyl groups is 1. The number of ether oxygens (including phenoxy) is 1. The number of rotatable bonds is 4. The number of carbonyl (C=O) groups excluding carboxylic acids is 2. The van der Waals surface area contributed by atoms with E-state index in [9.17, 15) is 19.5 Å². The van der Waals surface area contributed by atoms with Crippen LogP contribution in [0.1, 0.15) is 42.0 Å². The van der Waals surface area contributed by atoms with Crippen molar-refractivity contribution in [3.8, 4) is 5.75 Å². The van der Waals surface area contributed by atoms with Gasteiger partial charge in [-0.3, -0.25) is 19.4 Å². The number of benzene rings is 1. The molecule has 4 rings (SSSR count). The van der Waals surface area contributed by atoms with Gasteiger partial charge >= 0.3 is 5.97 Å². The summed E-state index contributed by atoms with van der Waals surface area (Å²) in [5.41, 5.74) is 1.06. The maximum absolute atomic E-state index is 13.3. The smallest absolute Gasteiger partial charge is 0.325 e. The number of amides is 1. The summed E-state index contributed by atoms with van der Waals surface area (Å²) in [6.07, 6.45) is 1.72. The molecule has 1 atom stereocenters. The van der Waals surface area contributed by atoms with Crippen molar-refractivity contribution in [3.63, 3.8) is 0 Å². The zero-order valence-corrected chi connectivity index (χ0v) is 20.0. The zero-order valence-electron chi connectivity index (χ0n) is 17.6. The van der Waals surface area contributed by atoms with Crippen molar-refractivity contribution in [2.75, 3.05) is 11.9 Å². The molecule has 1 aliphatic heterocycles. The van der Waals surface area contributed by atoms with Crippen LogP contribution in [0.2, 0.25) is 0 Å². The fraction of sp³-hybridized carbons (Fsp3) is 0.333. The molecule has 1 aromatic carbocycles. The van der Waals surface area contributed by atoms with Crippen molar-refractivity contribution >= 4 is 55.7 Å². The Morgan fingerprint density at radius 3 is 2.81 bits per heavy atom. The number of nitrogens with one attached hydrogen (secondary N) is 2. The third-order valence-electron chi connectivity index (χ3n) is 4.87. The molecule has 3 aromatic rings. The molecule has 0 spiro atoms. The van der Waals surface area contributed by atoms with Gasteiger partial charge in [0, 0.05) is 20.9 Å². The highest BCUT2D eigenvalue weighted by Gasteiger charge is 2.30. The summed E-state index contributed by atoms with van der Waals surface area (Å²) < 4.78 is 7.36. The average Bonchev–Trinajstić information content (AvgIpc) is 3.25. The number of halogens is 1. The Balaban J connectivity index is 1.75. The van der Waals surface area contributed by atoms with Crippen LogP contribution in [0, 0.1) is 0 Å². The second kappa shape index (κ2) is 8.21. The number of nitrogens with zero attached hydrogens (tertiary/aromatic N) is 2. The molecule has 9 nitrogen and oxygen atoms in total. The number of thiazole rings is 1. The number of hydrogen-bond acceptors (Lipinski definition) is 8. The first-order valence-corrected chi connectivity index (χ1v) is 11.5. The quantitative estimate of drug-likeness (QED) is 0.451. The molecule has 11 heteroatoms. The number of hydrogen-bond donors (Lipinski definition) is 3. The lowest BCUT2D eigenvalue weighted by Gasteiger charge is -2.29. The van der Waals surface area contributed by atoms with Crippen molar-refractivity contribution in [1.29, 1.82) is 0 Å². The average molecular weight is 521 g/mol. The Kier molecular flexibility index (Phi) is 5.72. The van der Waals surface area contributed by atoms with E-state index >= 15 is 0 Å². The van der Waals surface area contributed by atoms with Gasteiger partial charge in [0.05, 0.1) is 29.3 Å². The van der Waals surface area contributed by atoms with Crippen molar-refractivity contribution in [2.45, 2.75) is 39.0 Å². The molecule has 2 aromatic heterocycles. The van der Waals surface area contributed by atoms with Gasteiger partial charge in [0.25, 0.3) is 11.5 Å². The highest BCUT2D eigenvalue weighted by molar-refractivity contribution is 9.10. The molecular formula is C21H21BrN4O5S. The standard InChI is InChI=1S/C21H21BrN4O5S/c1-21(2,3)31-14(27)7-24-19(29)15-18(28)10-4-5-11(22)16-17(10)26(20(15)30)8-12(25-16)13-6-23-9-32-13/h4-6,9,12,25,28H,7-8H2,1-3H3,(H,24,29). The largest absolute Gasteiger partial charge is 0.506 e. The minimum absolute atomic E-state index is 0.239. The van der Waals surface area contributed by atoms with E-state index in [0.29, 0.717) is 21.1 Å². The molecule has 0 bridgehead atoms. The van der Waals surface area contributed by atoms with E-state index in [1.54, 1.807) is 44.6 Å². The highest BCUT2D eigenvalue weighted by atomic mass is 79.9. The van der Waals surface area contributed by atoms with E-state index < -0.39 is 40.9 Å². The first-order valence-electron chi connectivity index (χ1n) is 9.79. The lowest BCUT2D eigenvalue weighted by molar-refractivity contribution is -0.153. The molecule has 0 fully saturated rings. The zero-order chi connectivity index (χ0) is 23.2. The molecule has 0 aliphatic carbocycles. The molecule has 1 aliphatic rings. The monoisotopic (exact) mass is 520 g/mol. The lowest BCUT2D eigenvalue weighted by atomic mass is 10.0. The third-order valence-corrected chi connectivity index (χ3v) is 6.42. The van der Waals surface area contributed by atoms with Crippen molar-refractivity contribution < 1.29 is 19.4 Å². The second-order valence-electron chi connectivity index (χ2n) is 8.33. The van der Waals surface area contributed by atoms with Gasteiger partial charge in [-0.2, -0.15) is 0 Å². The predicted molar refractivity (Wildman–Crippen MR) is 124 cm³/mol. The number of aromatic nitrogens is 2. The lowest BCUT2D eigenvalue weighted by Crippen LogP contribution is -2.39. The number of esters is 1. The Bertz CT molecular complexity index is 1280. The summed E-state index contributed by atoms with van der Waals surface area (Å²) >= 11 is 4.95. The fourth-order valence-electron chi connectivity index (χ4n) is 3.61. The molecule has 3 heterocycles. The van der Waals surface area contributed by atoms with Crippen LogP contribution in [0.15, 0.2) is 33.1 Å². The van der Waals surface area contributed by atoms with Gasteiger partial charge in [0.1, 0.15) is 23.5 Å². The SMILES string of the molecule is CC(C)(C)OC(=O)CNC(=O)c1c(O)c2ccc(Br)c3c2n(c1=O)CC(c1cncs1)N3. The van der Waals surface area contributed by atoms with Crippen molar-refractivity contribution in [1.82, 2.24) is 14.9 Å². The summed E-state index contributed by atoms with van der Waals surface area (Å²) in [4.78, 5) is 43.2. The number of pyridine rings is 1. The van der Waals surface area contributed by atoms with Gasteiger partial charge in [-0.05, 0) is 48.8 Å². The van der Waals surface area contributed by atoms with Gasteiger partial charge in [-0.1, -0.05) is 0 Å². The first-order chi connectivity index (χ1) is 15.1. The van der Waals surface area contributed by atoms with Crippen LogP contribution in [0.4, 0.5) is 5.69 Å². The molecule has 1 unspecified atom stereocenters. The minimum Gasteiger partial charge on any atom is -0.506 e. The van der Waals surface area contributed by atoms with Crippen molar-refractivity contribution in [3.05, 3.63) is 49.1 Å². The molecule has 0 saturated carbocycles. The molecule has 0 saturated heterocycles. The molecule has 1 amide bonds. The summed E-state index contributed by atoms with van der Waals surface area (Å²) in [6, 6.07) is 3.13. The van der Waals surface area contributed by atoms with Gasteiger partial charge in [0.2, 0.25) is 0 Å². The van der Waals surface area contributed by atoms with E-state index in [1.807, 2.05) is 0 Å². The summed E-state index contributed by atoms with van der Waals surface area (Å²) in [7, 11) is 0. The predicted octanol–water partition coefficient (Wildman–Crippen LogP) is 3.16. The maximum Gasteiger partial charge on any atom is 0.325 e. The third kappa shape index (κ3) is 4.09. The van der Waals surface area contributed by atoms with E-state index in [2.05, 4.69) is 31.5 Å². The maximum atomic E-state index is 13.3. The van der Waals surface area contributed by atoms with Crippen molar-refractivity contribution in [2.24, 2.45) is 0 Å². The number of anilines is 1.